The van der Waals surface area contributed by atoms with Crippen LogP contribution in [-0.4, -0.2) is 34.9 Å². The van der Waals surface area contributed by atoms with Crippen molar-refractivity contribution in [3.05, 3.63) is 24.3 Å². The summed E-state index contributed by atoms with van der Waals surface area (Å²) < 4.78 is 0. The Kier molecular flexibility index (Phi) is 43.3. The highest BCUT2D eigenvalue weighted by Gasteiger charge is 2.17. The molecule has 1 amide bonds. The minimum Gasteiger partial charge on any atom is -0.394 e. The third-order valence-corrected chi connectivity index (χ3v) is 10.9. The lowest BCUT2D eigenvalue weighted by atomic mass is 10.0. The van der Waals surface area contributed by atoms with Crippen LogP contribution in [0.4, 0.5) is 0 Å². The molecule has 0 radical (unpaired) electrons. The van der Waals surface area contributed by atoms with Gasteiger partial charge in [-0.2, -0.15) is 0 Å². The molecule has 308 valence electrons. The van der Waals surface area contributed by atoms with Crippen molar-refractivity contribution in [3.8, 4) is 0 Å². The molecular formula is C48H93NO3. The number of amides is 1. The molecule has 0 aliphatic carbocycles. The number of rotatable bonds is 43. The Balaban J connectivity index is 3.47. The maximum atomic E-state index is 12.4. The van der Waals surface area contributed by atoms with E-state index in [4.69, 9.17) is 0 Å². The summed E-state index contributed by atoms with van der Waals surface area (Å²) in [4.78, 5) is 12.4. The van der Waals surface area contributed by atoms with Gasteiger partial charge in [0.2, 0.25) is 5.91 Å². The van der Waals surface area contributed by atoms with Gasteiger partial charge in [-0.05, 0) is 44.9 Å². The molecular weight excluding hydrogens is 639 g/mol. The molecule has 52 heavy (non-hydrogen) atoms. The minimum atomic E-state index is -0.835. The van der Waals surface area contributed by atoms with Crippen molar-refractivity contribution >= 4 is 5.91 Å². The lowest BCUT2D eigenvalue weighted by Crippen LogP contribution is -2.45. The fourth-order valence-corrected chi connectivity index (χ4v) is 7.29. The van der Waals surface area contributed by atoms with E-state index in [1.54, 1.807) is 6.08 Å². The Morgan fingerprint density at radius 1 is 0.442 bits per heavy atom. The van der Waals surface area contributed by atoms with Crippen LogP contribution in [0.25, 0.3) is 0 Å². The Bertz CT molecular complexity index is 750. The Morgan fingerprint density at radius 2 is 0.731 bits per heavy atom. The first kappa shape index (κ1) is 50.9. The van der Waals surface area contributed by atoms with Gasteiger partial charge in [0, 0.05) is 6.42 Å². The number of carbonyl (C=O) groups excluding carboxylic acids is 1. The molecule has 0 aromatic carbocycles. The van der Waals surface area contributed by atoms with E-state index in [2.05, 4.69) is 31.3 Å². The summed E-state index contributed by atoms with van der Waals surface area (Å²) in [7, 11) is 0. The van der Waals surface area contributed by atoms with Crippen molar-refractivity contribution in [1.82, 2.24) is 5.32 Å². The molecule has 0 aliphatic heterocycles. The first-order valence-electron chi connectivity index (χ1n) is 23.6. The zero-order valence-corrected chi connectivity index (χ0v) is 35.3. The number of aliphatic hydroxyl groups excluding tert-OH is 2. The first-order valence-corrected chi connectivity index (χ1v) is 23.6. The third-order valence-electron chi connectivity index (χ3n) is 10.9. The molecule has 0 fully saturated rings. The van der Waals surface area contributed by atoms with Gasteiger partial charge in [0.05, 0.1) is 18.8 Å². The maximum Gasteiger partial charge on any atom is 0.220 e. The molecule has 0 aromatic rings. The van der Waals surface area contributed by atoms with Crippen LogP contribution in [0.3, 0.4) is 0 Å². The molecule has 4 nitrogen and oxygen atoms in total. The zero-order valence-electron chi connectivity index (χ0n) is 35.3. The van der Waals surface area contributed by atoms with Gasteiger partial charge < -0.3 is 15.5 Å². The maximum absolute atomic E-state index is 12.4. The van der Waals surface area contributed by atoms with E-state index in [-0.39, 0.29) is 12.5 Å². The van der Waals surface area contributed by atoms with Gasteiger partial charge >= 0.3 is 0 Å². The molecule has 0 heterocycles. The number of unbranched alkanes of at least 4 members (excludes halogenated alkanes) is 34. The highest BCUT2D eigenvalue weighted by molar-refractivity contribution is 5.76. The van der Waals surface area contributed by atoms with Crippen molar-refractivity contribution in [2.75, 3.05) is 6.61 Å². The number of hydrogen-bond donors (Lipinski definition) is 3. The van der Waals surface area contributed by atoms with Crippen molar-refractivity contribution in [1.29, 1.82) is 0 Å². The second kappa shape index (κ2) is 44.3. The first-order chi connectivity index (χ1) is 25.7. The molecule has 2 unspecified atom stereocenters. The fraction of sp³-hybridized carbons (Fsp3) is 0.896. The van der Waals surface area contributed by atoms with Gasteiger partial charge in [0.1, 0.15) is 0 Å². The summed E-state index contributed by atoms with van der Waals surface area (Å²) in [5.41, 5.74) is 0. The quantitative estimate of drug-likeness (QED) is 0.0432. The molecule has 0 bridgehead atoms. The smallest absolute Gasteiger partial charge is 0.220 e. The summed E-state index contributed by atoms with van der Waals surface area (Å²) in [6.45, 7) is 4.32. The van der Waals surface area contributed by atoms with Crippen LogP contribution in [0.15, 0.2) is 24.3 Å². The summed E-state index contributed by atoms with van der Waals surface area (Å²) in [5.74, 6) is -0.0615. The predicted molar refractivity (Wildman–Crippen MR) is 230 cm³/mol. The average molecular weight is 732 g/mol. The second-order valence-electron chi connectivity index (χ2n) is 16.2. The molecule has 0 saturated carbocycles. The number of aliphatic hydroxyl groups is 2. The number of hydrogen-bond acceptors (Lipinski definition) is 3. The standard InChI is InChI=1S/C48H93NO3/c1-3-5-7-9-11-13-15-17-18-19-20-21-22-23-24-25-26-27-28-29-30-32-34-36-38-40-42-44-48(52)49-46(45-50)47(51)43-41-39-37-35-33-31-16-14-12-10-8-6-4-2/h19-20,41,43,46-47,50-51H,3-18,21-40,42,44-45H2,1-2H3,(H,49,52)/b20-19-,43-41+. The average Bonchev–Trinajstić information content (AvgIpc) is 3.15. The van der Waals surface area contributed by atoms with Crippen LogP contribution in [0.2, 0.25) is 0 Å². The van der Waals surface area contributed by atoms with Gasteiger partial charge in [-0.15, -0.1) is 0 Å². The van der Waals surface area contributed by atoms with Crippen LogP contribution in [0, 0.1) is 0 Å². The predicted octanol–water partition coefficient (Wildman–Crippen LogP) is 14.8. The lowest BCUT2D eigenvalue weighted by Gasteiger charge is -2.20. The van der Waals surface area contributed by atoms with Gasteiger partial charge in [-0.3, -0.25) is 4.79 Å². The van der Waals surface area contributed by atoms with Crippen LogP contribution in [-0.2, 0) is 4.79 Å². The van der Waals surface area contributed by atoms with E-state index in [9.17, 15) is 15.0 Å². The van der Waals surface area contributed by atoms with Crippen LogP contribution in [0.1, 0.15) is 258 Å². The van der Waals surface area contributed by atoms with Crippen molar-refractivity contribution in [2.45, 2.75) is 270 Å². The van der Waals surface area contributed by atoms with E-state index >= 15 is 0 Å². The van der Waals surface area contributed by atoms with Gasteiger partial charge in [-0.1, -0.05) is 231 Å². The van der Waals surface area contributed by atoms with E-state index in [1.807, 2.05) is 6.08 Å². The third kappa shape index (κ3) is 40.1. The SMILES string of the molecule is CCCCCCCCCC/C=C\CCCCCCCCCCCCCCCCCC(=O)NC(CO)C(O)/C=C/CCCCCCCCCCCCC. The van der Waals surface area contributed by atoms with Crippen molar-refractivity contribution < 1.29 is 15.0 Å². The van der Waals surface area contributed by atoms with E-state index in [0.717, 1.165) is 25.7 Å². The number of carbonyl (C=O) groups is 1. The second-order valence-corrected chi connectivity index (χ2v) is 16.2. The summed E-state index contributed by atoms with van der Waals surface area (Å²) in [5, 5.41) is 23.0. The van der Waals surface area contributed by atoms with Gasteiger partial charge in [0.25, 0.3) is 0 Å². The lowest BCUT2D eigenvalue weighted by molar-refractivity contribution is -0.123. The van der Waals surface area contributed by atoms with Crippen LogP contribution < -0.4 is 5.32 Å². The summed E-state index contributed by atoms with van der Waals surface area (Å²) in [6.07, 6.45) is 57.3. The Labute approximate surface area is 326 Å². The fourth-order valence-electron chi connectivity index (χ4n) is 7.29. The van der Waals surface area contributed by atoms with E-state index in [1.165, 1.54) is 212 Å². The molecule has 0 rings (SSSR count). The molecule has 4 heteroatoms. The minimum absolute atomic E-state index is 0.0615. The highest BCUT2D eigenvalue weighted by Crippen LogP contribution is 2.16. The Morgan fingerprint density at radius 3 is 1.06 bits per heavy atom. The largest absolute Gasteiger partial charge is 0.394 e. The molecule has 2 atom stereocenters. The summed E-state index contributed by atoms with van der Waals surface area (Å²) >= 11 is 0. The molecule has 0 saturated heterocycles. The number of allylic oxidation sites excluding steroid dienone is 3. The van der Waals surface area contributed by atoms with Crippen LogP contribution in [0.5, 0.6) is 0 Å². The Hall–Kier alpha value is -1.13. The molecule has 0 spiro atoms. The number of nitrogens with one attached hydrogen (secondary N) is 1. The highest BCUT2D eigenvalue weighted by atomic mass is 16.3. The monoisotopic (exact) mass is 732 g/mol. The van der Waals surface area contributed by atoms with E-state index < -0.39 is 12.1 Å². The van der Waals surface area contributed by atoms with Crippen LogP contribution >= 0.6 is 0 Å². The van der Waals surface area contributed by atoms with Gasteiger partial charge in [0.15, 0.2) is 0 Å². The topological polar surface area (TPSA) is 69.6 Å². The van der Waals surface area contributed by atoms with Crippen molar-refractivity contribution in [2.24, 2.45) is 0 Å². The molecule has 0 aromatic heterocycles. The zero-order chi connectivity index (χ0) is 37.8. The normalized spacial score (nSPS) is 13.1. The van der Waals surface area contributed by atoms with E-state index in [0.29, 0.717) is 6.42 Å². The molecule has 3 N–H and O–H groups in total. The van der Waals surface area contributed by atoms with Crippen molar-refractivity contribution in [3.63, 3.8) is 0 Å². The molecule has 0 aliphatic rings. The summed E-state index contributed by atoms with van der Waals surface area (Å²) in [6, 6.07) is -0.618. The van der Waals surface area contributed by atoms with Gasteiger partial charge in [-0.25, -0.2) is 0 Å².